The van der Waals surface area contributed by atoms with E-state index >= 15 is 0 Å². The third-order valence-electron chi connectivity index (χ3n) is 5.30. The molecular formula is C25H32N2O3. The molecule has 1 saturated carbocycles. The number of nitrogens with one attached hydrogen (secondary N) is 2. The van der Waals surface area contributed by atoms with Crippen LogP contribution in [-0.4, -0.2) is 30.0 Å². The van der Waals surface area contributed by atoms with Gasteiger partial charge in [0, 0.05) is 12.5 Å². The Morgan fingerprint density at radius 3 is 2.37 bits per heavy atom. The van der Waals surface area contributed by atoms with Crippen LogP contribution in [0.15, 0.2) is 48.5 Å². The predicted octanol–water partition coefficient (Wildman–Crippen LogP) is 3.89. The van der Waals surface area contributed by atoms with E-state index in [1.54, 1.807) is 6.92 Å². The van der Waals surface area contributed by atoms with Gasteiger partial charge in [-0.3, -0.25) is 9.59 Å². The highest BCUT2D eigenvalue weighted by atomic mass is 16.5. The van der Waals surface area contributed by atoms with Crippen molar-refractivity contribution in [1.29, 1.82) is 0 Å². The molecule has 0 bridgehead atoms. The molecule has 1 aliphatic carbocycles. The topological polar surface area (TPSA) is 67.4 Å². The SMILES string of the molecule is Cc1ccc(C(C)C)c(OC(C)C(=O)NC(Cc2ccccc2)C(=O)NC2CC2)c1. The minimum Gasteiger partial charge on any atom is -0.481 e. The molecular weight excluding hydrogens is 376 g/mol. The van der Waals surface area contributed by atoms with Crippen molar-refractivity contribution in [2.75, 3.05) is 0 Å². The first kappa shape index (κ1) is 21.9. The Hall–Kier alpha value is -2.82. The summed E-state index contributed by atoms with van der Waals surface area (Å²) in [7, 11) is 0. The fourth-order valence-electron chi connectivity index (χ4n) is 3.34. The van der Waals surface area contributed by atoms with Crippen LogP contribution in [0.25, 0.3) is 0 Å². The summed E-state index contributed by atoms with van der Waals surface area (Å²) >= 11 is 0. The number of ether oxygens (including phenoxy) is 1. The van der Waals surface area contributed by atoms with E-state index in [0.29, 0.717) is 6.42 Å². The maximum atomic E-state index is 12.9. The highest BCUT2D eigenvalue weighted by Gasteiger charge is 2.30. The zero-order chi connectivity index (χ0) is 21.7. The average Bonchev–Trinajstić information content (AvgIpc) is 3.52. The van der Waals surface area contributed by atoms with Gasteiger partial charge in [-0.15, -0.1) is 0 Å². The molecule has 1 aliphatic rings. The Kier molecular flexibility index (Phi) is 7.14. The van der Waals surface area contributed by atoms with Gasteiger partial charge in [-0.05, 0) is 55.4 Å². The normalized spacial score (nSPS) is 15.4. The molecule has 0 radical (unpaired) electrons. The van der Waals surface area contributed by atoms with Crippen molar-refractivity contribution in [2.24, 2.45) is 0 Å². The van der Waals surface area contributed by atoms with Gasteiger partial charge in [-0.25, -0.2) is 0 Å². The van der Waals surface area contributed by atoms with Crippen LogP contribution >= 0.6 is 0 Å². The quantitative estimate of drug-likeness (QED) is 0.661. The Balaban J connectivity index is 1.69. The Bertz CT molecular complexity index is 875. The first-order valence-electron chi connectivity index (χ1n) is 10.8. The highest BCUT2D eigenvalue weighted by molar-refractivity contribution is 5.89. The molecule has 3 rings (SSSR count). The fourth-order valence-corrected chi connectivity index (χ4v) is 3.34. The van der Waals surface area contributed by atoms with E-state index in [-0.39, 0.29) is 23.8 Å². The molecule has 30 heavy (non-hydrogen) atoms. The summed E-state index contributed by atoms with van der Waals surface area (Å²) in [6.07, 6.45) is 1.74. The molecule has 5 heteroatoms. The summed E-state index contributed by atoms with van der Waals surface area (Å²) in [5, 5.41) is 5.91. The van der Waals surface area contributed by atoms with Crippen LogP contribution in [0.1, 0.15) is 56.2 Å². The van der Waals surface area contributed by atoms with Crippen molar-refractivity contribution in [3.63, 3.8) is 0 Å². The lowest BCUT2D eigenvalue weighted by molar-refractivity contribution is -0.132. The van der Waals surface area contributed by atoms with E-state index in [9.17, 15) is 9.59 Å². The summed E-state index contributed by atoms with van der Waals surface area (Å²) < 4.78 is 6.03. The van der Waals surface area contributed by atoms with E-state index < -0.39 is 12.1 Å². The van der Waals surface area contributed by atoms with Crippen molar-refractivity contribution in [3.8, 4) is 5.75 Å². The number of aryl methyl sites for hydroxylation is 1. The van der Waals surface area contributed by atoms with Crippen molar-refractivity contribution in [2.45, 2.75) is 71.1 Å². The number of hydrogen-bond acceptors (Lipinski definition) is 3. The van der Waals surface area contributed by atoms with Gasteiger partial charge < -0.3 is 15.4 Å². The zero-order valence-corrected chi connectivity index (χ0v) is 18.3. The lowest BCUT2D eigenvalue weighted by atomic mass is 10.0. The third kappa shape index (κ3) is 6.09. The monoisotopic (exact) mass is 408 g/mol. The lowest BCUT2D eigenvalue weighted by Crippen LogP contribution is -2.51. The van der Waals surface area contributed by atoms with Crippen LogP contribution in [-0.2, 0) is 16.0 Å². The van der Waals surface area contributed by atoms with E-state index in [1.165, 1.54) is 0 Å². The van der Waals surface area contributed by atoms with Crippen LogP contribution in [0, 0.1) is 6.92 Å². The number of amides is 2. The maximum absolute atomic E-state index is 12.9. The van der Waals surface area contributed by atoms with Crippen LogP contribution in [0.4, 0.5) is 0 Å². The molecule has 160 valence electrons. The molecule has 2 aromatic carbocycles. The Morgan fingerprint density at radius 1 is 1.03 bits per heavy atom. The third-order valence-corrected chi connectivity index (χ3v) is 5.30. The number of rotatable bonds is 9. The summed E-state index contributed by atoms with van der Waals surface area (Å²) in [6, 6.07) is 15.4. The van der Waals surface area contributed by atoms with Gasteiger partial charge in [0.05, 0.1) is 0 Å². The van der Waals surface area contributed by atoms with Gasteiger partial charge in [0.2, 0.25) is 5.91 Å². The second-order valence-corrected chi connectivity index (χ2v) is 8.49. The molecule has 2 atom stereocenters. The number of carbonyl (C=O) groups is 2. The second-order valence-electron chi connectivity index (χ2n) is 8.49. The Labute approximate surface area is 179 Å². The molecule has 5 nitrogen and oxygen atoms in total. The van der Waals surface area contributed by atoms with Crippen LogP contribution in [0.2, 0.25) is 0 Å². The second kappa shape index (κ2) is 9.79. The number of hydrogen-bond donors (Lipinski definition) is 2. The van der Waals surface area contributed by atoms with Gasteiger partial charge >= 0.3 is 0 Å². The zero-order valence-electron chi connectivity index (χ0n) is 18.3. The molecule has 0 saturated heterocycles. The van der Waals surface area contributed by atoms with E-state index in [4.69, 9.17) is 4.74 Å². The molecule has 2 unspecified atom stereocenters. The van der Waals surface area contributed by atoms with Crippen LogP contribution in [0.3, 0.4) is 0 Å². The standard InChI is InChI=1S/C25H32N2O3/c1-16(2)21-13-10-17(3)14-23(21)30-18(4)24(28)27-22(25(29)26-20-11-12-20)15-19-8-6-5-7-9-19/h5-10,13-14,16,18,20,22H,11-12,15H2,1-4H3,(H,26,29)(H,27,28). The van der Waals surface area contributed by atoms with Gasteiger partial charge in [0.15, 0.2) is 6.10 Å². The van der Waals surface area contributed by atoms with Gasteiger partial charge in [0.25, 0.3) is 5.91 Å². The van der Waals surface area contributed by atoms with Crippen molar-refractivity contribution >= 4 is 11.8 Å². The molecule has 0 heterocycles. The van der Waals surface area contributed by atoms with E-state index in [0.717, 1.165) is 35.3 Å². The van der Waals surface area contributed by atoms with E-state index in [2.05, 4.69) is 24.5 Å². The van der Waals surface area contributed by atoms with Gasteiger partial charge in [0.1, 0.15) is 11.8 Å². The fraction of sp³-hybridized carbons (Fsp3) is 0.440. The first-order chi connectivity index (χ1) is 14.3. The molecule has 2 N–H and O–H groups in total. The van der Waals surface area contributed by atoms with Crippen LogP contribution in [0.5, 0.6) is 5.75 Å². The lowest BCUT2D eigenvalue weighted by Gasteiger charge is -2.23. The molecule has 2 amide bonds. The van der Waals surface area contributed by atoms with Crippen molar-refractivity contribution < 1.29 is 14.3 Å². The predicted molar refractivity (Wildman–Crippen MR) is 119 cm³/mol. The number of benzene rings is 2. The molecule has 0 aliphatic heterocycles. The molecule has 0 aromatic heterocycles. The summed E-state index contributed by atoms with van der Waals surface area (Å²) in [6.45, 7) is 7.92. The minimum absolute atomic E-state index is 0.139. The smallest absolute Gasteiger partial charge is 0.261 e. The first-order valence-corrected chi connectivity index (χ1v) is 10.8. The summed E-state index contributed by atoms with van der Waals surface area (Å²) in [5.74, 6) is 0.569. The number of carbonyl (C=O) groups excluding carboxylic acids is 2. The summed E-state index contributed by atoms with van der Waals surface area (Å²) in [4.78, 5) is 25.6. The molecule has 2 aromatic rings. The van der Waals surface area contributed by atoms with Crippen molar-refractivity contribution in [1.82, 2.24) is 10.6 Å². The largest absolute Gasteiger partial charge is 0.481 e. The highest BCUT2D eigenvalue weighted by Crippen LogP contribution is 2.28. The van der Waals surface area contributed by atoms with Crippen molar-refractivity contribution in [3.05, 3.63) is 65.2 Å². The molecule has 1 fully saturated rings. The molecule has 0 spiro atoms. The Morgan fingerprint density at radius 2 is 1.73 bits per heavy atom. The average molecular weight is 409 g/mol. The van der Waals surface area contributed by atoms with E-state index in [1.807, 2.05) is 55.5 Å². The summed E-state index contributed by atoms with van der Waals surface area (Å²) in [5.41, 5.74) is 3.14. The van der Waals surface area contributed by atoms with Gasteiger partial charge in [-0.1, -0.05) is 56.3 Å². The maximum Gasteiger partial charge on any atom is 0.261 e. The minimum atomic E-state index is -0.712. The van der Waals surface area contributed by atoms with Gasteiger partial charge in [-0.2, -0.15) is 0 Å². The van der Waals surface area contributed by atoms with Crippen LogP contribution < -0.4 is 15.4 Å².